The Kier molecular flexibility index (Phi) is 6.85. The number of rotatable bonds is 8. The van der Waals surface area contributed by atoms with E-state index in [0.717, 1.165) is 17.0 Å². The highest BCUT2D eigenvalue weighted by Crippen LogP contribution is 2.20. The van der Waals surface area contributed by atoms with Gasteiger partial charge < -0.3 is 10.3 Å². The molecule has 1 heterocycles. The summed E-state index contributed by atoms with van der Waals surface area (Å²) in [7, 11) is 0. The van der Waals surface area contributed by atoms with Crippen molar-refractivity contribution in [2.24, 2.45) is 5.73 Å². The fourth-order valence-corrected chi connectivity index (χ4v) is 3.60. The summed E-state index contributed by atoms with van der Waals surface area (Å²) in [5.74, 6) is 0.662. The van der Waals surface area contributed by atoms with E-state index >= 15 is 0 Å². The van der Waals surface area contributed by atoms with Gasteiger partial charge in [0.05, 0.1) is 6.54 Å². The Balaban J connectivity index is 1.74. The molecule has 0 saturated carbocycles. The van der Waals surface area contributed by atoms with Crippen molar-refractivity contribution in [1.29, 1.82) is 0 Å². The third-order valence-electron chi connectivity index (χ3n) is 4.18. The third kappa shape index (κ3) is 5.78. The summed E-state index contributed by atoms with van der Waals surface area (Å²) in [6.45, 7) is 3.03. The predicted molar refractivity (Wildman–Crippen MR) is 107 cm³/mol. The highest BCUT2D eigenvalue weighted by atomic mass is 35.5. The van der Waals surface area contributed by atoms with Crippen LogP contribution in [0, 0.1) is 5.82 Å². The van der Waals surface area contributed by atoms with E-state index in [4.69, 9.17) is 28.9 Å². The maximum atomic E-state index is 13.5. The van der Waals surface area contributed by atoms with E-state index in [1.54, 1.807) is 24.4 Å². The Labute approximate surface area is 168 Å². The quantitative estimate of drug-likeness (QED) is 0.605. The molecule has 0 aliphatic rings. The largest absolute Gasteiger partial charge is 0.329 e. The normalized spacial score (nSPS) is 11.3. The van der Waals surface area contributed by atoms with E-state index in [1.165, 1.54) is 6.07 Å². The Morgan fingerprint density at radius 1 is 1.04 bits per heavy atom. The highest BCUT2D eigenvalue weighted by Gasteiger charge is 2.12. The van der Waals surface area contributed by atoms with E-state index in [2.05, 4.69) is 14.5 Å². The molecule has 0 fully saturated rings. The van der Waals surface area contributed by atoms with Gasteiger partial charge in [-0.2, -0.15) is 0 Å². The zero-order chi connectivity index (χ0) is 19.2. The van der Waals surface area contributed by atoms with Crippen LogP contribution >= 0.6 is 23.2 Å². The fourth-order valence-electron chi connectivity index (χ4n) is 3.02. The van der Waals surface area contributed by atoms with E-state index in [0.29, 0.717) is 42.8 Å². The number of benzene rings is 2. The summed E-state index contributed by atoms with van der Waals surface area (Å²) in [6, 6.07) is 12.1. The molecule has 1 aromatic heterocycles. The predicted octanol–water partition coefficient (Wildman–Crippen LogP) is 4.34. The first kappa shape index (κ1) is 19.8. The minimum absolute atomic E-state index is 0.237. The summed E-state index contributed by atoms with van der Waals surface area (Å²) in [5.41, 5.74) is 7.67. The molecule has 3 aromatic rings. The van der Waals surface area contributed by atoms with Gasteiger partial charge in [-0.15, -0.1) is 0 Å². The van der Waals surface area contributed by atoms with E-state index in [9.17, 15) is 4.39 Å². The monoisotopic (exact) mass is 406 g/mol. The third-order valence-corrected chi connectivity index (χ3v) is 4.62. The van der Waals surface area contributed by atoms with E-state index < -0.39 is 0 Å². The SMILES string of the molecule is NCCN(Cc1cccc(F)c1)Cc1nccn1Cc1cc(Cl)cc(Cl)c1. The van der Waals surface area contributed by atoms with Gasteiger partial charge in [0.15, 0.2) is 0 Å². The number of nitrogens with zero attached hydrogens (tertiary/aromatic N) is 3. The summed E-state index contributed by atoms with van der Waals surface area (Å²) < 4.78 is 15.5. The molecule has 0 aliphatic carbocycles. The maximum Gasteiger partial charge on any atom is 0.123 e. The van der Waals surface area contributed by atoms with Crippen molar-refractivity contribution in [3.05, 3.63) is 87.7 Å². The second-order valence-electron chi connectivity index (χ2n) is 6.38. The molecule has 2 aromatic carbocycles. The van der Waals surface area contributed by atoms with E-state index in [1.807, 2.05) is 24.4 Å². The van der Waals surface area contributed by atoms with Gasteiger partial charge in [0.2, 0.25) is 0 Å². The van der Waals surface area contributed by atoms with Crippen LogP contribution in [0.4, 0.5) is 4.39 Å². The fraction of sp³-hybridized carbons (Fsp3) is 0.250. The van der Waals surface area contributed by atoms with E-state index in [-0.39, 0.29) is 5.82 Å². The number of hydrogen-bond donors (Lipinski definition) is 1. The first-order valence-electron chi connectivity index (χ1n) is 8.65. The second kappa shape index (κ2) is 9.33. The van der Waals surface area contributed by atoms with Crippen LogP contribution < -0.4 is 5.73 Å². The molecular formula is C20H21Cl2FN4. The lowest BCUT2D eigenvalue weighted by molar-refractivity contribution is 0.254. The number of imidazole rings is 1. The van der Waals surface area contributed by atoms with Crippen LogP contribution in [0.1, 0.15) is 17.0 Å². The van der Waals surface area contributed by atoms with Gasteiger partial charge in [-0.1, -0.05) is 35.3 Å². The van der Waals surface area contributed by atoms with Crippen molar-refractivity contribution in [3.63, 3.8) is 0 Å². The molecule has 4 nitrogen and oxygen atoms in total. The van der Waals surface area contributed by atoms with Crippen LogP contribution in [0.5, 0.6) is 0 Å². The number of aromatic nitrogens is 2. The Bertz CT molecular complexity index is 877. The molecule has 0 atom stereocenters. The van der Waals surface area contributed by atoms with Gasteiger partial charge in [-0.3, -0.25) is 4.90 Å². The maximum absolute atomic E-state index is 13.5. The molecule has 3 rings (SSSR count). The molecular weight excluding hydrogens is 386 g/mol. The van der Waals surface area contributed by atoms with Crippen LogP contribution in [0.2, 0.25) is 10.0 Å². The minimum Gasteiger partial charge on any atom is -0.329 e. The van der Waals surface area contributed by atoms with Crippen LogP contribution in [-0.2, 0) is 19.6 Å². The van der Waals surface area contributed by atoms with Gasteiger partial charge in [0.25, 0.3) is 0 Å². The second-order valence-corrected chi connectivity index (χ2v) is 7.25. The molecule has 27 heavy (non-hydrogen) atoms. The van der Waals surface area contributed by atoms with Gasteiger partial charge >= 0.3 is 0 Å². The van der Waals surface area contributed by atoms with Gasteiger partial charge in [0, 0.05) is 48.6 Å². The molecule has 0 unspecified atom stereocenters. The van der Waals surface area contributed by atoms with Gasteiger partial charge in [0.1, 0.15) is 11.6 Å². The number of nitrogens with two attached hydrogens (primary N) is 1. The molecule has 0 saturated heterocycles. The standard InChI is InChI=1S/C20H21Cl2FN4/c21-17-8-16(9-18(22)11-17)13-27-7-5-25-20(27)14-26(6-4-24)12-15-2-1-3-19(23)10-15/h1-3,5,7-11H,4,6,12-14,24H2. The molecule has 7 heteroatoms. The number of halogens is 3. The molecule has 0 aliphatic heterocycles. The molecule has 0 amide bonds. The average molecular weight is 407 g/mol. The summed E-state index contributed by atoms with van der Waals surface area (Å²) in [6.07, 6.45) is 3.69. The first-order chi connectivity index (χ1) is 13.0. The summed E-state index contributed by atoms with van der Waals surface area (Å²) >= 11 is 12.2. The lowest BCUT2D eigenvalue weighted by Gasteiger charge is -2.22. The summed E-state index contributed by atoms with van der Waals surface area (Å²) in [4.78, 5) is 6.63. The molecule has 2 N–H and O–H groups in total. The van der Waals surface area contributed by atoms with Crippen molar-refractivity contribution in [3.8, 4) is 0 Å². The molecule has 0 radical (unpaired) electrons. The van der Waals surface area contributed by atoms with Gasteiger partial charge in [-0.05, 0) is 41.5 Å². The zero-order valence-electron chi connectivity index (χ0n) is 14.8. The van der Waals surface area contributed by atoms with Gasteiger partial charge in [-0.25, -0.2) is 9.37 Å². The van der Waals surface area contributed by atoms with Crippen molar-refractivity contribution in [2.75, 3.05) is 13.1 Å². The Morgan fingerprint density at radius 3 is 2.52 bits per heavy atom. The summed E-state index contributed by atoms with van der Waals surface area (Å²) in [5, 5.41) is 1.21. The highest BCUT2D eigenvalue weighted by molar-refractivity contribution is 6.34. The number of hydrogen-bond acceptors (Lipinski definition) is 3. The Hall–Kier alpha value is -1.92. The lowest BCUT2D eigenvalue weighted by atomic mass is 10.2. The van der Waals surface area contributed by atoms with Crippen molar-refractivity contribution < 1.29 is 4.39 Å². The van der Waals surface area contributed by atoms with Crippen LogP contribution in [0.3, 0.4) is 0 Å². The van der Waals surface area contributed by atoms with Crippen LogP contribution in [-0.4, -0.2) is 27.5 Å². The first-order valence-corrected chi connectivity index (χ1v) is 9.41. The lowest BCUT2D eigenvalue weighted by Crippen LogP contribution is -2.30. The molecule has 0 spiro atoms. The van der Waals surface area contributed by atoms with Crippen molar-refractivity contribution in [2.45, 2.75) is 19.6 Å². The molecule has 0 bridgehead atoms. The smallest absolute Gasteiger partial charge is 0.123 e. The molecule has 142 valence electrons. The van der Waals surface area contributed by atoms with Crippen molar-refractivity contribution >= 4 is 23.2 Å². The van der Waals surface area contributed by atoms with Crippen LogP contribution in [0.25, 0.3) is 0 Å². The van der Waals surface area contributed by atoms with Crippen LogP contribution in [0.15, 0.2) is 54.9 Å². The average Bonchev–Trinajstić information content (AvgIpc) is 3.01. The minimum atomic E-state index is -0.237. The zero-order valence-corrected chi connectivity index (χ0v) is 16.3. The Morgan fingerprint density at radius 2 is 1.81 bits per heavy atom. The topological polar surface area (TPSA) is 47.1 Å². The van der Waals surface area contributed by atoms with Crippen molar-refractivity contribution in [1.82, 2.24) is 14.5 Å².